The summed E-state index contributed by atoms with van der Waals surface area (Å²) in [6.45, 7) is 41.1. The van der Waals surface area contributed by atoms with Gasteiger partial charge < -0.3 is 60.5 Å². The van der Waals surface area contributed by atoms with Gasteiger partial charge in [0.15, 0.2) is 6.67 Å². The summed E-state index contributed by atoms with van der Waals surface area (Å²) in [7, 11) is 2.92. The quantitative estimate of drug-likeness (QED) is 0.0154. The molecular weight excluding hydrogens is 1950 g/mol. The second-order valence-corrected chi connectivity index (χ2v) is 42.8. The molecule has 0 aliphatic carbocycles. The van der Waals surface area contributed by atoms with Gasteiger partial charge in [-0.05, 0) is 314 Å². The summed E-state index contributed by atoms with van der Waals surface area (Å²) in [6.07, 6.45) is 15.0. The number of nitrogens with one attached hydrogen (secondary N) is 6. The summed E-state index contributed by atoms with van der Waals surface area (Å²) in [5.74, 6) is -0.171. The van der Waals surface area contributed by atoms with Crippen molar-refractivity contribution in [1.29, 1.82) is 0 Å². The number of alkyl halides is 1. The molecule has 13 heterocycles. The number of carbonyl (C=O) groups is 8. The molecule has 4 aliphatic heterocycles. The van der Waals surface area contributed by atoms with Gasteiger partial charge in [0, 0.05) is 183 Å². The molecule has 10 amide bonds. The van der Waals surface area contributed by atoms with Crippen molar-refractivity contribution < 1.29 is 52.4 Å². The maximum atomic E-state index is 13.2. The van der Waals surface area contributed by atoms with Crippen molar-refractivity contribution in [3.05, 3.63) is 221 Å². The SMILES string of the molecule is CONC(=O)N(Cc1ccsc1)C1CCN([C@H](C)CCNC(=O)c2c(C)cc(-c3cccnc3)nc2C)CC1.CONC(=O)N(Cc1ccsc1)C1CCN([C@H](C)CCNC(=O)c2c(C)cc(CC(C)C)nc2C)CC1.Cc1cc(Cl)nc(C)c1C(=O)NCC[C@@H](C)N1CCC(N(Cc2ccsc2)C(=O)CF)CC1.Cc1cc(Cl)nc(Cl)c1C(=O)NCC[C@@H](C)N1CCC(N(Cc2ccsc2)C(=O)C(C)C)CC1. The monoisotopic (exact) mass is 2100 g/mol. The first-order chi connectivity index (χ1) is 68.5. The van der Waals surface area contributed by atoms with Crippen LogP contribution in [0.1, 0.15) is 241 Å². The first-order valence-electron chi connectivity index (χ1n) is 49.8. The van der Waals surface area contributed by atoms with Gasteiger partial charge in [0.25, 0.3) is 29.5 Å². The summed E-state index contributed by atoms with van der Waals surface area (Å²) in [5.41, 5.74) is 20.1. The number of likely N-dealkylation sites (tertiary alicyclic amines) is 4. The van der Waals surface area contributed by atoms with E-state index in [9.17, 15) is 42.7 Å². The normalized spacial score (nSPS) is 15.6. The van der Waals surface area contributed by atoms with Crippen LogP contribution in [0.25, 0.3) is 11.3 Å². The molecule has 0 spiro atoms. The number of halogens is 4. The van der Waals surface area contributed by atoms with E-state index < -0.39 is 12.6 Å². The highest BCUT2D eigenvalue weighted by atomic mass is 35.5. The Balaban J connectivity index is 0.000000196. The molecule has 13 rings (SSSR count). The highest BCUT2D eigenvalue weighted by molar-refractivity contribution is 7.08. The molecule has 0 radical (unpaired) electrons. The minimum atomic E-state index is -0.956. The van der Waals surface area contributed by atoms with Crippen molar-refractivity contribution in [3.8, 4) is 11.3 Å². The van der Waals surface area contributed by atoms with Crippen LogP contribution in [0.4, 0.5) is 14.0 Å². The minimum absolute atomic E-state index is 0.00724. The Morgan fingerprint density at radius 3 is 1.10 bits per heavy atom. The zero-order valence-electron chi connectivity index (χ0n) is 86.1. The molecule has 0 bridgehead atoms. The Morgan fingerprint density at radius 1 is 0.434 bits per heavy atom. The van der Waals surface area contributed by atoms with Gasteiger partial charge in [-0.1, -0.05) is 62.5 Å². The number of urea groups is 2. The topological polar surface area (TPSA) is 318 Å². The number of aryl methyl sites for hydroxylation is 7. The lowest BCUT2D eigenvalue weighted by Gasteiger charge is -2.41. The predicted molar refractivity (Wildman–Crippen MR) is 572 cm³/mol. The first-order valence-corrected chi connectivity index (χ1v) is 54.7. The molecule has 778 valence electrons. The number of hydrogen-bond donors (Lipinski definition) is 6. The first kappa shape index (κ1) is 115. The third kappa shape index (κ3) is 34.8. The molecule has 6 N–H and O–H groups in total. The zero-order chi connectivity index (χ0) is 104. The Kier molecular flexibility index (Phi) is 46.9. The summed E-state index contributed by atoms with van der Waals surface area (Å²) < 4.78 is 13.2. The second-order valence-electron chi connectivity index (χ2n) is 38.6. The van der Waals surface area contributed by atoms with Crippen molar-refractivity contribution >= 4 is 128 Å². The number of hydroxylamine groups is 2. The number of thiophene rings is 4. The molecule has 37 heteroatoms. The molecule has 4 aliphatic rings. The number of aromatic nitrogens is 5. The number of amides is 10. The van der Waals surface area contributed by atoms with Crippen LogP contribution in [0.5, 0.6) is 0 Å². The highest BCUT2D eigenvalue weighted by Crippen LogP contribution is 2.32. The number of pyridine rings is 5. The molecule has 0 saturated carbocycles. The van der Waals surface area contributed by atoms with Gasteiger partial charge in [0.05, 0.1) is 59.2 Å². The van der Waals surface area contributed by atoms with Gasteiger partial charge in [-0.3, -0.25) is 53.4 Å². The van der Waals surface area contributed by atoms with E-state index in [0.717, 1.165) is 192 Å². The molecule has 9 aromatic heterocycles. The molecule has 4 atom stereocenters. The molecule has 143 heavy (non-hydrogen) atoms. The van der Waals surface area contributed by atoms with Crippen molar-refractivity contribution in [1.82, 2.24) is 96.3 Å². The fourth-order valence-electron chi connectivity index (χ4n) is 19.4. The van der Waals surface area contributed by atoms with Gasteiger partial charge in [-0.2, -0.15) is 45.3 Å². The molecule has 29 nitrogen and oxygen atoms in total. The standard InChI is InChI=1S/C29H38N6O3S.C28H43N5O3S.C25H34Cl2N4O2S.C24H32ClFN4O2S/c1-20-16-26(24-6-5-11-30-17-24)32-22(3)27(20)28(36)31-12-7-21(2)34-13-8-25(9-14-34)35(29(37)33-38-4)18-23-10-15-39-19-23;1-19(2)15-24-16-20(3)26(22(5)30-24)27(34)29-11-7-21(4)32-12-8-25(9-13-32)33(28(35)31-36-6)17-23-10-14-37-18-23;1-16(2)25(33)31(14-19-8-12-34-15-19)20-6-10-30(11-7-20)18(4)5-9-28-24(32)22-17(3)13-21(26)29-23(22)27;1-16-12-21(25)28-18(3)23(16)24(32)27-8-4-17(2)29-9-5-20(6-10-29)30(22(31)13-26)14-19-7-11-33-15-19/h5-6,10-11,15-17,19,21,25H,7-9,12-14,18H2,1-4H3,(H,31,36)(H,33,37);10,14,16,18-19,21,25H,7-9,11-13,15,17H2,1-6H3,(H,29,34)(H,31,35);8,12-13,15-16,18,20H,5-7,9-11,14H2,1-4H3,(H,28,32);7,11-12,15,17,20H,4-6,8-10,13-14H2,1-3H3,(H,27,32)/t2*21-;18-;17-/m1111/s1. The van der Waals surface area contributed by atoms with Crippen LogP contribution >= 0.6 is 80.1 Å². The third-order valence-electron chi connectivity index (χ3n) is 27.3. The van der Waals surface area contributed by atoms with E-state index in [4.69, 9.17) is 44.5 Å². The molecular formula is C106H147Cl3FN19O10S4. The largest absolute Gasteiger partial charge is 0.352 e. The fourth-order valence-corrected chi connectivity index (χ4v) is 22.9. The van der Waals surface area contributed by atoms with Crippen molar-refractivity contribution in [2.45, 2.75) is 262 Å². The number of carbonyl (C=O) groups excluding carboxylic acids is 8. The number of hydrogen-bond acceptors (Lipinski definition) is 23. The third-order valence-corrected chi connectivity index (χ3v) is 30.9. The lowest BCUT2D eigenvalue weighted by molar-refractivity contribution is -0.139. The average molecular weight is 2100 g/mol. The van der Waals surface area contributed by atoms with E-state index in [1.165, 1.54) is 19.8 Å². The molecule has 9 aromatic rings. The maximum absolute atomic E-state index is 13.2. The van der Waals surface area contributed by atoms with Crippen LogP contribution in [0.2, 0.25) is 15.5 Å². The van der Waals surface area contributed by atoms with Gasteiger partial charge >= 0.3 is 12.1 Å². The maximum Gasteiger partial charge on any atom is 0.341 e. The van der Waals surface area contributed by atoms with Crippen LogP contribution in [-0.2, 0) is 51.9 Å². The van der Waals surface area contributed by atoms with Crippen LogP contribution in [0.3, 0.4) is 0 Å². The van der Waals surface area contributed by atoms with Crippen molar-refractivity contribution in [2.24, 2.45) is 11.8 Å². The van der Waals surface area contributed by atoms with E-state index in [2.05, 4.69) is 163 Å². The Hall–Kier alpha value is -9.53. The number of nitrogens with zero attached hydrogens (tertiary/aromatic N) is 13. The molecule has 0 unspecified atom stereocenters. The minimum Gasteiger partial charge on any atom is -0.352 e. The molecule has 4 saturated heterocycles. The Bertz CT molecular complexity index is 5420. The van der Waals surface area contributed by atoms with Crippen LogP contribution in [-0.4, -0.2) is 259 Å². The number of rotatable bonds is 39. The lowest BCUT2D eigenvalue weighted by atomic mass is 9.99. The summed E-state index contributed by atoms with van der Waals surface area (Å²) in [5, 5.41) is 29.4. The summed E-state index contributed by atoms with van der Waals surface area (Å²) in [4.78, 5) is 150. The van der Waals surface area contributed by atoms with Gasteiger partial charge in [0.2, 0.25) is 5.91 Å². The Morgan fingerprint density at radius 2 is 0.769 bits per heavy atom. The van der Waals surface area contributed by atoms with Crippen LogP contribution < -0.4 is 32.2 Å². The van der Waals surface area contributed by atoms with Gasteiger partial charge in [-0.25, -0.2) is 34.9 Å². The van der Waals surface area contributed by atoms with Crippen molar-refractivity contribution in [3.63, 3.8) is 0 Å². The van der Waals surface area contributed by atoms with E-state index in [1.807, 2.05) is 110 Å². The average Bonchev–Trinajstić information content (AvgIpc) is 1.59. The van der Waals surface area contributed by atoms with E-state index in [0.29, 0.717) is 127 Å². The lowest BCUT2D eigenvalue weighted by Crippen LogP contribution is -2.51. The Labute approximate surface area is 875 Å². The van der Waals surface area contributed by atoms with E-state index in [1.54, 1.807) is 88.6 Å². The van der Waals surface area contributed by atoms with E-state index in [-0.39, 0.29) is 82.0 Å². The predicted octanol–water partition coefficient (Wildman–Crippen LogP) is 19.1. The summed E-state index contributed by atoms with van der Waals surface area (Å²) in [6, 6.07) is 20.9. The second kappa shape index (κ2) is 58.1. The van der Waals surface area contributed by atoms with Crippen LogP contribution in [0.15, 0.2) is 116 Å². The van der Waals surface area contributed by atoms with E-state index >= 15 is 0 Å². The smallest absolute Gasteiger partial charge is 0.341 e. The van der Waals surface area contributed by atoms with Gasteiger partial charge in [0.1, 0.15) is 15.5 Å². The van der Waals surface area contributed by atoms with Gasteiger partial charge in [-0.15, -0.1) is 0 Å². The highest BCUT2D eigenvalue weighted by Gasteiger charge is 2.37. The molecule has 0 aromatic carbocycles. The summed E-state index contributed by atoms with van der Waals surface area (Å²) >= 11 is 24.5. The number of piperidine rings is 4. The zero-order valence-corrected chi connectivity index (χ0v) is 91.6. The molecule has 4 fully saturated rings. The van der Waals surface area contributed by atoms with Crippen molar-refractivity contribution in [2.75, 3.05) is 99.4 Å². The van der Waals surface area contributed by atoms with Crippen LogP contribution in [0, 0.1) is 60.3 Å². The fraction of sp³-hybridized carbons (Fsp3) is 0.538.